The van der Waals surface area contributed by atoms with E-state index in [1.54, 1.807) is 13.8 Å². The molecule has 1 aromatic rings. The van der Waals surface area contributed by atoms with Gasteiger partial charge in [0.1, 0.15) is 16.5 Å². The topological polar surface area (TPSA) is 90.0 Å². The predicted octanol–water partition coefficient (Wildman–Crippen LogP) is 1.86. The van der Waals surface area contributed by atoms with Crippen molar-refractivity contribution in [2.24, 2.45) is 5.92 Å². The van der Waals surface area contributed by atoms with E-state index in [0.29, 0.717) is 6.07 Å². The molecule has 0 aliphatic carbocycles. The van der Waals surface area contributed by atoms with Crippen molar-refractivity contribution in [3.8, 4) is 0 Å². The van der Waals surface area contributed by atoms with Gasteiger partial charge in [-0.2, -0.15) is 4.31 Å². The Kier molecular flexibility index (Phi) is 6.88. The summed E-state index contributed by atoms with van der Waals surface area (Å²) >= 11 is 0. The lowest BCUT2D eigenvalue weighted by molar-refractivity contribution is -0.164. The summed E-state index contributed by atoms with van der Waals surface area (Å²) in [6.45, 7) is 2.72. The molecule has 0 spiro atoms. The standard InChI is InChI=1S/C17H21F2NO6S/c1-11(2)26-16(21)10-25-17(22)12-5-7-20(8-6-12)27(23,24)15-9-13(18)3-4-14(15)19/h3-4,9,11-12H,5-8,10H2,1-2H3. The zero-order valence-corrected chi connectivity index (χ0v) is 15.8. The fourth-order valence-electron chi connectivity index (χ4n) is 2.69. The summed E-state index contributed by atoms with van der Waals surface area (Å²) in [4.78, 5) is 22.7. The second-order valence-corrected chi connectivity index (χ2v) is 8.31. The third kappa shape index (κ3) is 5.46. The number of esters is 2. The number of benzene rings is 1. The first-order valence-electron chi connectivity index (χ1n) is 8.42. The van der Waals surface area contributed by atoms with Crippen LogP contribution in [0.2, 0.25) is 0 Å². The van der Waals surface area contributed by atoms with Gasteiger partial charge in [-0.05, 0) is 44.9 Å². The lowest BCUT2D eigenvalue weighted by Gasteiger charge is -2.30. The Hall–Kier alpha value is -2.07. The lowest BCUT2D eigenvalue weighted by Crippen LogP contribution is -2.41. The summed E-state index contributed by atoms with van der Waals surface area (Å²) in [5.74, 6) is -3.77. The number of piperidine rings is 1. The molecule has 0 atom stereocenters. The quantitative estimate of drug-likeness (QED) is 0.671. The van der Waals surface area contributed by atoms with Crippen molar-refractivity contribution in [1.29, 1.82) is 0 Å². The Bertz CT molecular complexity index is 804. The van der Waals surface area contributed by atoms with Crippen LogP contribution in [0.5, 0.6) is 0 Å². The number of hydrogen-bond donors (Lipinski definition) is 0. The minimum Gasteiger partial charge on any atom is -0.460 e. The van der Waals surface area contributed by atoms with Gasteiger partial charge in [-0.25, -0.2) is 22.0 Å². The normalized spacial score (nSPS) is 16.3. The Morgan fingerprint density at radius 1 is 1.22 bits per heavy atom. The van der Waals surface area contributed by atoms with Gasteiger partial charge in [0.25, 0.3) is 0 Å². The van der Waals surface area contributed by atoms with E-state index in [9.17, 15) is 26.8 Å². The van der Waals surface area contributed by atoms with Crippen LogP contribution in [0.25, 0.3) is 0 Å². The molecule has 0 N–H and O–H groups in total. The Labute approximate surface area is 156 Å². The monoisotopic (exact) mass is 405 g/mol. The first kappa shape index (κ1) is 21.2. The molecule has 1 aliphatic heterocycles. The van der Waals surface area contributed by atoms with Crippen LogP contribution < -0.4 is 0 Å². The van der Waals surface area contributed by atoms with Gasteiger partial charge in [0.2, 0.25) is 10.0 Å². The average Bonchev–Trinajstić information content (AvgIpc) is 2.61. The molecule has 1 aromatic carbocycles. The largest absolute Gasteiger partial charge is 0.460 e. The molecule has 1 heterocycles. The van der Waals surface area contributed by atoms with Crippen LogP contribution >= 0.6 is 0 Å². The molecular weight excluding hydrogens is 384 g/mol. The molecule has 1 aliphatic rings. The zero-order chi connectivity index (χ0) is 20.2. The molecule has 27 heavy (non-hydrogen) atoms. The van der Waals surface area contributed by atoms with E-state index < -0.39 is 51.0 Å². The van der Waals surface area contributed by atoms with Crippen molar-refractivity contribution >= 4 is 22.0 Å². The van der Waals surface area contributed by atoms with Crippen molar-refractivity contribution in [2.75, 3.05) is 19.7 Å². The zero-order valence-electron chi connectivity index (χ0n) is 15.0. The second kappa shape index (κ2) is 8.75. The fraction of sp³-hybridized carbons (Fsp3) is 0.529. The predicted molar refractivity (Wildman–Crippen MR) is 90.0 cm³/mol. The minimum absolute atomic E-state index is 0.0471. The van der Waals surface area contributed by atoms with Crippen molar-refractivity contribution in [2.45, 2.75) is 37.7 Å². The van der Waals surface area contributed by atoms with Gasteiger partial charge >= 0.3 is 11.9 Å². The molecule has 150 valence electrons. The van der Waals surface area contributed by atoms with E-state index in [2.05, 4.69) is 0 Å². The lowest BCUT2D eigenvalue weighted by atomic mass is 9.98. The van der Waals surface area contributed by atoms with Crippen LogP contribution in [0, 0.1) is 17.6 Å². The van der Waals surface area contributed by atoms with E-state index in [-0.39, 0.29) is 32.0 Å². The van der Waals surface area contributed by atoms with Gasteiger partial charge in [0.05, 0.1) is 12.0 Å². The summed E-state index contributed by atoms with van der Waals surface area (Å²) in [5.41, 5.74) is 0. The molecule has 0 unspecified atom stereocenters. The molecule has 0 bridgehead atoms. The molecule has 1 saturated heterocycles. The summed E-state index contributed by atoms with van der Waals surface area (Å²) in [6, 6.07) is 2.22. The number of nitrogens with zero attached hydrogens (tertiary/aromatic N) is 1. The highest BCUT2D eigenvalue weighted by atomic mass is 32.2. The van der Waals surface area contributed by atoms with Crippen molar-refractivity contribution in [1.82, 2.24) is 4.31 Å². The number of sulfonamides is 1. The Balaban J connectivity index is 1.93. The van der Waals surface area contributed by atoms with E-state index in [1.165, 1.54) is 0 Å². The maximum Gasteiger partial charge on any atom is 0.344 e. The van der Waals surface area contributed by atoms with E-state index in [0.717, 1.165) is 16.4 Å². The smallest absolute Gasteiger partial charge is 0.344 e. The van der Waals surface area contributed by atoms with Crippen LogP contribution in [0.4, 0.5) is 8.78 Å². The van der Waals surface area contributed by atoms with Crippen molar-refractivity contribution in [3.63, 3.8) is 0 Å². The van der Waals surface area contributed by atoms with E-state index in [1.807, 2.05) is 0 Å². The summed E-state index contributed by atoms with van der Waals surface area (Å²) in [7, 11) is -4.21. The third-order valence-electron chi connectivity index (χ3n) is 4.00. The van der Waals surface area contributed by atoms with Crippen molar-refractivity contribution < 1.29 is 36.3 Å². The number of rotatable bonds is 6. The first-order chi connectivity index (χ1) is 12.6. The van der Waals surface area contributed by atoms with Gasteiger partial charge in [-0.1, -0.05) is 0 Å². The van der Waals surface area contributed by atoms with Crippen LogP contribution in [0.15, 0.2) is 23.1 Å². The second-order valence-electron chi connectivity index (χ2n) is 6.40. The Morgan fingerprint density at radius 2 is 1.85 bits per heavy atom. The number of halogens is 2. The van der Waals surface area contributed by atoms with E-state index >= 15 is 0 Å². The first-order valence-corrected chi connectivity index (χ1v) is 9.86. The van der Waals surface area contributed by atoms with Gasteiger partial charge < -0.3 is 9.47 Å². The van der Waals surface area contributed by atoms with E-state index in [4.69, 9.17) is 9.47 Å². The number of hydrogen-bond acceptors (Lipinski definition) is 6. The van der Waals surface area contributed by atoms with Crippen LogP contribution in [-0.4, -0.2) is 50.5 Å². The van der Waals surface area contributed by atoms with Crippen molar-refractivity contribution in [3.05, 3.63) is 29.8 Å². The molecule has 1 fully saturated rings. The van der Waals surface area contributed by atoms with Crippen LogP contribution in [0.3, 0.4) is 0 Å². The number of carbonyl (C=O) groups is 2. The third-order valence-corrected chi connectivity index (χ3v) is 5.91. The average molecular weight is 405 g/mol. The van der Waals surface area contributed by atoms with Crippen LogP contribution in [-0.2, 0) is 29.1 Å². The number of carbonyl (C=O) groups excluding carboxylic acids is 2. The molecule has 0 saturated carbocycles. The van der Waals surface area contributed by atoms with Gasteiger partial charge in [0, 0.05) is 13.1 Å². The SMILES string of the molecule is CC(C)OC(=O)COC(=O)C1CCN(S(=O)(=O)c2cc(F)ccc2F)CC1. The fourth-order valence-corrected chi connectivity index (χ4v) is 4.24. The van der Waals surface area contributed by atoms with Gasteiger partial charge in [-0.15, -0.1) is 0 Å². The molecule has 10 heteroatoms. The number of ether oxygens (including phenoxy) is 2. The molecular formula is C17H21F2NO6S. The molecule has 7 nitrogen and oxygen atoms in total. The summed E-state index contributed by atoms with van der Waals surface area (Å²) in [5, 5.41) is 0. The molecule has 0 radical (unpaired) electrons. The summed E-state index contributed by atoms with van der Waals surface area (Å²) < 4.78 is 62.8. The van der Waals surface area contributed by atoms with Crippen LogP contribution in [0.1, 0.15) is 26.7 Å². The molecule has 0 aromatic heterocycles. The van der Waals surface area contributed by atoms with Gasteiger partial charge in [-0.3, -0.25) is 4.79 Å². The molecule has 0 amide bonds. The highest BCUT2D eigenvalue weighted by Crippen LogP contribution is 2.26. The summed E-state index contributed by atoms with van der Waals surface area (Å²) in [6.07, 6.45) is -0.0320. The Morgan fingerprint density at radius 3 is 2.44 bits per heavy atom. The maximum atomic E-state index is 13.8. The highest BCUT2D eigenvalue weighted by Gasteiger charge is 2.34. The highest BCUT2D eigenvalue weighted by molar-refractivity contribution is 7.89. The minimum atomic E-state index is -4.21. The maximum absolute atomic E-state index is 13.8. The molecule has 2 rings (SSSR count). The van der Waals surface area contributed by atoms with Gasteiger partial charge in [0.15, 0.2) is 6.61 Å².